The van der Waals surface area contributed by atoms with Crippen LogP contribution in [0, 0.1) is 12.3 Å². The number of aromatic nitrogens is 4. The minimum Gasteiger partial charge on any atom is -0.406 e. The number of alkyl halides is 4. The second-order valence-electron chi connectivity index (χ2n) is 21.5. The van der Waals surface area contributed by atoms with Crippen molar-refractivity contribution in [3.05, 3.63) is 107 Å². The Labute approximate surface area is 461 Å². The number of aryl methyl sites for hydroxylation is 2. The van der Waals surface area contributed by atoms with Crippen LogP contribution in [0.25, 0.3) is 32.6 Å². The zero-order valence-corrected chi connectivity index (χ0v) is 45.2. The topological polar surface area (TPSA) is 256 Å². The Morgan fingerprint density at radius 1 is 0.938 bits per heavy atom. The maximum atomic E-state index is 14.8. The molecule has 2 aliphatic heterocycles. The van der Waals surface area contributed by atoms with Gasteiger partial charge in [-0.3, -0.25) is 28.8 Å². The van der Waals surface area contributed by atoms with Crippen LogP contribution >= 0.6 is 11.3 Å². The first-order valence-electron chi connectivity index (χ1n) is 26.1. The molecule has 0 bridgehead atoms. The first-order valence-corrected chi connectivity index (χ1v) is 27.0. The van der Waals surface area contributed by atoms with Gasteiger partial charge in [0.2, 0.25) is 29.5 Å². The highest BCUT2D eigenvalue weighted by Crippen LogP contribution is 2.41. The molecule has 6 amide bonds. The van der Waals surface area contributed by atoms with Crippen LogP contribution in [0.3, 0.4) is 0 Å². The van der Waals surface area contributed by atoms with Crippen molar-refractivity contribution in [2.45, 2.75) is 115 Å². The van der Waals surface area contributed by atoms with Crippen LogP contribution in [0.15, 0.2) is 84.8 Å². The Balaban J connectivity index is 0.815. The average Bonchev–Trinajstić information content (AvgIpc) is 3.95. The number of carbonyl (C=O) groups excluding carboxylic acids is 6. The van der Waals surface area contributed by atoms with Gasteiger partial charge in [-0.15, -0.1) is 24.5 Å². The van der Waals surface area contributed by atoms with Crippen molar-refractivity contribution in [1.82, 2.24) is 45.7 Å². The number of aliphatic hydroxyl groups is 1. The predicted molar refractivity (Wildman–Crippen MR) is 289 cm³/mol. The Kier molecular flexibility index (Phi) is 16.3. The average molecular weight is 1120 g/mol. The number of benzene rings is 3. The number of β-amino-alcohol motifs (C(OH)–C–C–N with tert-alkyl or cyclic N) is 1. The highest BCUT2D eigenvalue weighted by Gasteiger charge is 2.53. The fourth-order valence-corrected chi connectivity index (χ4v) is 11.0. The second kappa shape index (κ2) is 23.0. The van der Waals surface area contributed by atoms with E-state index in [-0.39, 0.29) is 63.5 Å². The van der Waals surface area contributed by atoms with Gasteiger partial charge in [-0.2, -0.15) is 0 Å². The number of halogens is 4. The standard InChI is InChI=1S/C56H61F4N11O8S/c1-31-47(80-30-66-31)34-11-9-33(10-12-34)40(67-51(76)42-24-37(72)27-71(42)52(77)48(54(2,3)4)68-53(78)55(57)16-17-55)25-43(73)63-26-44(74)62-18-6-19-69-28-39(46-49(61)64-29-65-50(46)69)35-13-14-41-36(23-35)15-20-70(41)45(75)22-32-7-5-8-38(21-32)79-56(58,59)60/h5,7-14,21,23,28-30,37,40,42,48,72H,6,15-20,22,24-27H2,1-4H3,(H,62,74)(H,63,73)(H,67,76)(H,68,78)(H2,61,64,65)/t37-,40+,42+,48+/m1/s1. The third-order valence-corrected chi connectivity index (χ3v) is 15.5. The zero-order chi connectivity index (χ0) is 57.3. The molecule has 0 spiro atoms. The number of hydrogen-bond donors (Lipinski definition) is 6. The van der Waals surface area contributed by atoms with Crippen LogP contribution in [0.1, 0.15) is 81.3 Å². The number of carbonyl (C=O) groups is 6. The van der Waals surface area contributed by atoms with Crippen molar-refractivity contribution in [1.29, 1.82) is 0 Å². The van der Waals surface area contributed by atoms with Crippen molar-refractivity contribution in [2.75, 3.05) is 36.8 Å². The Hall–Kier alpha value is -7.99. The van der Waals surface area contributed by atoms with Crippen molar-refractivity contribution in [3.63, 3.8) is 0 Å². The minimum atomic E-state index is -4.86. The third-order valence-electron chi connectivity index (χ3n) is 14.5. The molecule has 5 heterocycles. The van der Waals surface area contributed by atoms with Crippen LogP contribution in [-0.4, -0.2) is 121 Å². The van der Waals surface area contributed by atoms with Crippen LogP contribution < -0.4 is 36.6 Å². The molecule has 422 valence electrons. The summed E-state index contributed by atoms with van der Waals surface area (Å²) in [5, 5.41) is 22.3. The molecule has 9 rings (SSSR count). The number of nitrogens with zero attached hydrogens (tertiary/aromatic N) is 6. The number of nitrogens with one attached hydrogen (secondary N) is 4. The summed E-state index contributed by atoms with van der Waals surface area (Å²) in [5.74, 6) is -3.70. The number of aliphatic hydroxyl groups excluding tert-OH is 1. The highest BCUT2D eigenvalue weighted by atomic mass is 32.1. The molecule has 4 atom stereocenters. The number of thiazole rings is 1. The Morgan fingerprint density at radius 3 is 2.39 bits per heavy atom. The number of nitrogens with two attached hydrogens (primary N) is 1. The van der Waals surface area contributed by atoms with Gasteiger partial charge in [0, 0.05) is 50.0 Å². The molecule has 80 heavy (non-hydrogen) atoms. The third kappa shape index (κ3) is 13.0. The van der Waals surface area contributed by atoms with Crippen LogP contribution in [-0.2, 0) is 48.2 Å². The van der Waals surface area contributed by atoms with Crippen LogP contribution in [0.2, 0.25) is 0 Å². The normalized spacial score (nSPS) is 17.4. The smallest absolute Gasteiger partial charge is 0.406 e. The first-order chi connectivity index (χ1) is 37.9. The summed E-state index contributed by atoms with van der Waals surface area (Å²) in [6, 6.07) is 14.8. The molecular formula is C56H61F4N11O8S. The van der Waals surface area contributed by atoms with E-state index in [1.54, 1.807) is 49.4 Å². The zero-order valence-electron chi connectivity index (χ0n) is 44.4. The predicted octanol–water partition coefficient (Wildman–Crippen LogP) is 6.01. The molecule has 0 unspecified atom stereocenters. The SMILES string of the molecule is Cc1ncsc1-c1ccc([C@H](CC(=O)NCC(=O)NCCCn2cc(-c3ccc4c(c3)CCN4C(=O)Cc3cccc(OC(F)(F)F)c3)c3c(N)ncnc32)NC(=O)[C@@H]2C[C@@H](O)CN2C(=O)[C@H](NC(=O)C2(F)CC2)C(C)(C)C)cc1. The number of likely N-dealkylation sites (tertiary alicyclic amines) is 1. The maximum absolute atomic E-state index is 14.8. The van der Waals surface area contributed by atoms with Crippen molar-refractivity contribution in [3.8, 4) is 27.3 Å². The highest BCUT2D eigenvalue weighted by molar-refractivity contribution is 7.13. The molecule has 3 aliphatic rings. The molecule has 6 aromatic rings. The summed E-state index contributed by atoms with van der Waals surface area (Å²) in [6.07, 6.45) is -2.19. The molecule has 7 N–H and O–H groups in total. The van der Waals surface area contributed by atoms with E-state index in [4.69, 9.17) is 5.73 Å². The maximum Gasteiger partial charge on any atom is 0.573 e. The summed E-state index contributed by atoms with van der Waals surface area (Å²) < 4.78 is 59.2. The van der Waals surface area contributed by atoms with Gasteiger partial charge in [0.1, 0.15) is 35.6 Å². The molecule has 2 fully saturated rings. The van der Waals surface area contributed by atoms with Gasteiger partial charge in [0.25, 0.3) is 5.91 Å². The van der Waals surface area contributed by atoms with Gasteiger partial charge in [0.05, 0.1) is 53.0 Å². The van der Waals surface area contributed by atoms with Gasteiger partial charge < -0.3 is 51.2 Å². The summed E-state index contributed by atoms with van der Waals surface area (Å²) in [6.45, 7) is 7.40. The van der Waals surface area contributed by atoms with Gasteiger partial charge in [0.15, 0.2) is 5.67 Å². The van der Waals surface area contributed by atoms with E-state index in [1.165, 1.54) is 40.8 Å². The summed E-state index contributed by atoms with van der Waals surface area (Å²) in [5.41, 5.74) is 11.5. The number of nitrogen functional groups attached to an aromatic ring is 1. The molecular weight excluding hydrogens is 1060 g/mol. The molecule has 3 aromatic heterocycles. The molecule has 3 aromatic carbocycles. The Bertz CT molecular complexity index is 3340. The number of amides is 6. The summed E-state index contributed by atoms with van der Waals surface area (Å²) in [7, 11) is 0. The van der Waals surface area contributed by atoms with Gasteiger partial charge in [-0.25, -0.2) is 19.3 Å². The van der Waals surface area contributed by atoms with E-state index in [0.717, 1.165) is 32.8 Å². The monoisotopic (exact) mass is 1120 g/mol. The lowest BCUT2D eigenvalue weighted by Crippen LogP contribution is -2.59. The second-order valence-corrected chi connectivity index (χ2v) is 22.3. The number of rotatable bonds is 19. The van der Waals surface area contributed by atoms with Gasteiger partial charge >= 0.3 is 6.36 Å². The fourth-order valence-electron chi connectivity index (χ4n) is 10.1. The number of fused-ring (bicyclic) bond motifs is 2. The van der Waals surface area contributed by atoms with E-state index in [1.807, 2.05) is 48.0 Å². The lowest BCUT2D eigenvalue weighted by Gasteiger charge is -2.36. The number of anilines is 2. The summed E-state index contributed by atoms with van der Waals surface area (Å²) in [4.78, 5) is 98.3. The molecule has 1 aliphatic carbocycles. The first kappa shape index (κ1) is 56.7. The van der Waals surface area contributed by atoms with E-state index >= 15 is 0 Å². The lowest BCUT2D eigenvalue weighted by atomic mass is 9.85. The summed E-state index contributed by atoms with van der Waals surface area (Å²) >= 11 is 1.46. The van der Waals surface area contributed by atoms with Crippen LogP contribution in [0.4, 0.5) is 29.1 Å². The molecule has 19 nitrogen and oxygen atoms in total. The Morgan fingerprint density at radius 2 is 1.69 bits per heavy atom. The van der Waals surface area contributed by atoms with Crippen molar-refractivity contribution in [2.24, 2.45) is 5.41 Å². The molecule has 1 saturated heterocycles. The van der Waals surface area contributed by atoms with E-state index in [9.17, 15) is 51.4 Å². The van der Waals surface area contributed by atoms with Crippen molar-refractivity contribution >= 4 is 69.3 Å². The lowest BCUT2D eigenvalue weighted by molar-refractivity contribution is -0.274. The largest absolute Gasteiger partial charge is 0.573 e. The minimum absolute atomic E-state index is 0.0428. The molecule has 0 radical (unpaired) electrons. The van der Waals surface area contributed by atoms with E-state index < -0.39 is 77.0 Å². The van der Waals surface area contributed by atoms with Crippen molar-refractivity contribution < 1.29 is 56.2 Å². The quantitative estimate of drug-likeness (QED) is 0.0403. The molecule has 1 saturated carbocycles. The van der Waals surface area contributed by atoms with E-state index in [2.05, 4.69) is 41.0 Å². The van der Waals surface area contributed by atoms with Gasteiger partial charge in [-0.05, 0) is 90.1 Å². The number of ether oxygens (including phenoxy) is 1. The van der Waals surface area contributed by atoms with Crippen LogP contribution in [0.5, 0.6) is 5.75 Å². The number of hydrogen-bond acceptors (Lipinski definition) is 13. The van der Waals surface area contributed by atoms with Gasteiger partial charge in [-0.1, -0.05) is 63.2 Å². The fraction of sp³-hybridized carbons (Fsp3) is 0.411. The van der Waals surface area contributed by atoms with E-state index in [0.29, 0.717) is 53.8 Å². The molecule has 24 heteroatoms.